The highest BCUT2D eigenvalue weighted by Crippen LogP contribution is 2.27. The van der Waals surface area contributed by atoms with Crippen molar-refractivity contribution >= 4 is 28.9 Å². The van der Waals surface area contributed by atoms with Gasteiger partial charge in [0, 0.05) is 5.69 Å². The molecule has 2 rings (SSSR count). The van der Waals surface area contributed by atoms with E-state index in [1.807, 2.05) is 19.9 Å². The maximum atomic E-state index is 12.8. The van der Waals surface area contributed by atoms with Gasteiger partial charge in [-0.15, -0.1) is 0 Å². The lowest BCUT2D eigenvalue weighted by atomic mass is 10.1. The summed E-state index contributed by atoms with van der Waals surface area (Å²) < 4.78 is 12.8. The molecular formula is C16H16ClFN2O. The van der Waals surface area contributed by atoms with Crippen LogP contribution < -0.4 is 10.6 Å². The number of nitrogens with one attached hydrogen (secondary N) is 2. The number of rotatable bonds is 4. The van der Waals surface area contributed by atoms with Crippen molar-refractivity contribution in [2.24, 2.45) is 0 Å². The second-order valence-electron chi connectivity index (χ2n) is 4.85. The molecule has 110 valence electrons. The Bertz CT molecular complexity index is 633. The Kier molecular flexibility index (Phi) is 4.81. The van der Waals surface area contributed by atoms with Crippen molar-refractivity contribution in [3.8, 4) is 0 Å². The summed E-state index contributed by atoms with van der Waals surface area (Å²) in [5.41, 5.74) is 3.25. The molecule has 21 heavy (non-hydrogen) atoms. The van der Waals surface area contributed by atoms with Gasteiger partial charge in [0.05, 0.1) is 17.3 Å². The molecule has 0 spiro atoms. The number of carbonyl (C=O) groups is 1. The molecule has 0 heterocycles. The van der Waals surface area contributed by atoms with Crippen LogP contribution in [0, 0.1) is 19.7 Å². The summed E-state index contributed by atoms with van der Waals surface area (Å²) in [5.74, 6) is -0.528. The Hall–Kier alpha value is -2.07. The predicted octanol–water partition coefficient (Wildman–Crippen LogP) is 4.15. The third kappa shape index (κ3) is 4.20. The first-order valence-corrected chi connectivity index (χ1v) is 6.89. The van der Waals surface area contributed by atoms with Crippen LogP contribution in [-0.4, -0.2) is 12.5 Å². The zero-order valence-electron chi connectivity index (χ0n) is 11.8. The van der Waals surface area contributed by atoms with Crippen LogP contribution in [0.15, 0.2) is 36.4 Å². The molecule has 2 aromatic carbocycles. The fourth-order valence-electron chi connectivity index (χ4n) is 2.01. The third-order valence-corrected chi connectivity index (χ3v) is 3.29. The lowest BCUT2D eigenvalue weighted by Gasteiger charge is -2.12. The van der Waals surface area contributed by atoms with Crippen molar-refractivity contribution in [2.45, 2.75) is 13.8 Å². The van der Waals surface area contributed by atoms with Gasteiger partial charge in [-0.1, -0.05) is 17.7 Å². The first kappa shape index (κ1) is 15.3. The fraction of sp³-hybridized carbons (Fsp3) is 0.188. The first-order chi connectivity index (χ1) is 9.95. The Labute approximate surface area is 128 Å². The number of hydrogen-bond acceptors (Lipinski definition) is 2. The van der Waals surface area contributed by atoms with Gasteiger partial charge < -0.3 is 10.6 Å². The van der Waals surface area contributed by atoms with Crippen LogP contribution in [0.1, 0.15) is 11.1 Å². The molecule has 0 aliphatic carbocycles. The summed E-state index contributed by atoms with van der Waals surface area (Å²) in [6.07, 6.45) is 0. The average Bonchev–Trinajstić information content (AvgIpc) is 2.42. The highest BCUT2D eigenvalue weighted by Gasteiger charge is 2.09. The van der Waals surface area contributed by atoms with Gasteiger partial charge in [-0.3, -0.25) is 4.79 Å². The SMILES string of the molecule is Cc1cc(C)c(NC(=O)CNc2ccc(F)cc2)c(Cl)c1. The van der Waals surface area contributed by atoms with Crippen molar-refractivity contribution in [1.29, 1.82) is 0 Å². The second-order valence-corrected chi connectivity index (χ2v) is 5.25. The van der Waals surface area contributed by atoms with Crippen LogP contribution in [0.25, 0.3) is 0 Å². The molecule has 0 atom stereocenters. The van der Waals surface area contributed by atoms with E-state index < -0.39 is 0 Å². The van der Waals surface area contributed by atoms with Crippen LogP contribution in [0.3, 0.4) is 0 Å². The van der Waals surface area contributed by atoms with E-state index in [1.165, 1.54) is 12.1 Å². The summed E-state index contributed by atoms with van der Waals surface area (Å²) in [6.45, 7) is 3.91. The minimum atomic E-state index is -0.313. The van der Waals surface area contributed by atoms with E-state index in [4.69, 9.17) is 11.6 Å². The van der Waals surface area contributed by atoms with Crippen LogP contribution in [0.4, 0.5) is 15.8 Å². The van der Waals surface area contributed by atoms with Crippen LogP contribution in [-0.2, 0) is 4.79 Å². The predicted molar refractivity (Wildman–Crippen MR) is 84.4 cm³/mol. The van der Waals surface area contributed by atoms with Crippen molar-refractivity contribution in [1.82, 2.24) is 0 Å². The molecule has 0 unspecified atom stereocenters. The van der Waals surface area contributed by atoms with Crippen molar-refractivity contribution in [3.05, 3.63) is 58.4 Å². The first-order valence-electron chi connectivity index (χ1n) is 6.52. The van der Waals surface area contributed by atoms with Gasteiger partial charge in [-0.2, -0.15) is 0 Å². The molecule has 0 aromatic heterocycles. The topological polar surface area (TPSA) is 41.1 Å². The summed E-state index contributed by atoms with van der Waals surface area (Å²) in [5, 5.41) is 6.22. The summed E-state index contributed by atoms with van der Waals surface area (Å²) >= 11 is 6.14. The molecule has 2 N–H and O–H groups in total. The summed E-state index contributed by atoms with van der Waals surface area (Å²) in [4.78, 5) is 11.9. The van der Waals surface area contributed by atoms with Crippen LogP contribution in [0.5, 0.6) is 0 Å². The van der Waals surface area contributed by atoms with Gasteiger partial charge in [0.2, 0.25) is 5.91 Å². The quantitative estimate of drug-likeness (QED) is 0.891. The van der Waals surface area contributed by atoms with E-state index in [-0.39, 0.29) is 18.3 Å². The zero-order valence-corrected chi connectivity index (χ0v) is 12.6. The fourth-order valence-corrected chi connectivity index (χ4v) is 2.38. The monoisotopic (exact) mass is 306 g/mol. The van der Waals surface area contributed by atoms with E-state index in [1.54, 1.807) is 18.2 Å². The number of aryl methyl sites for hydroxylation is 2. The number of benzene rings is 2. The standard InChI is InChI=1S/C16H16ClFN2O/c1-10-7-11(2)16(14(17)8-10)20-15(21)9-19-13-5-3-12(18)4-6-13/h3-8,19H,9H2,1-2H3,(H,20,21). The number of hydrogen-bond donors (Lipinski definition) is 2. The molecule has 0 aliphatic heterocycles. The lowest BCUT2D eigenvalue weighted by Crippen LogP contribution is -2.22. The second kappa shape index (κ2) is 6.59. The highest BCUT2D eigenvalue weighted by atomic mass is 35.5. The molecule has 1 amide bonds. The highest BCUT2D eigenvalue weighted by molar-refractivity contribution is 6.34. The Balaban J connectivity index is 1.97. The van der Waals surface area contributed by atoms with E-state index in [9.17, 15) is 9.18 Å². The molecule has 0 fully saturated rings. The van der Waals surface area contributed by atoms with Crippen LogP contribution in [0.2, 0.25) is 5.02 Å². The van der Waals surface area contributed by atoms with Gasteiger partial charge in [0.1, 0.15) is 5.82 Å². The maximum absolute atomic E-state index is 12.8. The average molecular weight is 307 g/mol. The molecule has 0 aliphatic rings. The Morgan fingerprint density at radius 3 is 2.48 bits per heavy atom. The number of carbonyl (C=O) groups excluding carboxylic acids is 1. The number of amides is 1. The summed E-state index contributed by atoms with van der Waals surface area (Å²) in [6, 6.07) is 9.58. The minimum absolute atomic E-state index is 0.0786. The smallest absolute Gasteiger partial charge is 0.243 e. The lowest BCUT2D eigenvalue weighted by molar-refractivity contribution is -0.114. The van der Waals surface area contributed by atoms with E-state index in [0.29, 0.717) is 16.4 Å². The zero-order chi connectivity index (χ0) is 15.4. The van der Waals surface area contributed by atoms with Gasteiger partial charge in [0.25, 0.3) is 0 Å². The number of halogens is 2. The van der Waals surface area contributed by atoms with Gasteiger partial charge >= 0.3 is 0 Å². The van der Waals surface area contributed by atoms with Crippen LogP contribution >= 0.6 is 11.6 Å². The van der Waals surface area contributed by atoms with E-state index in [2.05, 4.69) is 10.6 Å². The minimum Gasteiger partial charge on any atom is -0.376 e. The molecular weight excluding hydrogens is 291 g/mol. The van der Waals surface area contributed by atoms with Gasteiger partial charge in [-0.25, -0.2) is 4.39 Å². The molecule has 0 bridgehead atoms. The summed E-state index contributed by atoms with van der Waals surface area (Å²) in [7, 11) is 0. The molecule has 5 heteroatoms. The molecule has 0 saturated carbocycles. The third-order valence-electron chi connectivity index (χ3n) is 2.99. The normalized spacial score (nSPS) is 10.3. The Morgan fingerprint density at radius 1 is 1.19 bits per heavy atom. The van der Waals surface area contributed by atoms with Gasteiger partial charge in [0.15, 0.2) is 0 Å². The Morgan fingerprint density at radius 2 is 1.86 bits per heavy atom. The van der Waals surface area contributed by atoms with E-state index >= 15 is 0 Å². The van der Waals surface area contributed by atoms with Crippen molar-refractivity contribution < 1.29 is 9.18 Å². The van der Waals surface area contributed by atoms with Crippen molar-refractivity contribution in [3.63, 3.8) is 0 Å². The molecule has 2 aromatic rings. The van der Waals surface area contributed by atoms with E-state index in [0.717, 1.165) is 11.1 Å². The number of anilines is 2. The molecule has 0 saturated heterocycles. The van der Waals surface area contributed by atoms with Gasteiger partial charge in [-0.05, 0) is 55.3 Å². The maximum Gasteiger partial charge on any atom is 0.243 e. The largest absolute Gasteiger partial charge is 0.376 e. The molecule has 3 nitrogen and oxygen atoms in total. The molecule has 0 radical (unpaired) electrons. The van der Waals surface area contributed by atoms with Crippen molar-refractivity contribution in [2.75, 3.05) is 17.2 Å².